The van der Waals surface area contributed by atoms with E-state index in [1.54, 1.807) is 25.3 Å². The van der Waals surface area contributed by atoms with E-state index >= 15 is 0 Å². The van der Waals surface area contributed by atoms with Crippen LogP contribution in [0.15, 0.2) is 18.2 Å². The molecule has 0 unspecified atom stereocenters. The Kier molecular flexibility index (Phi) is 5.63. The highest BCUT2D eigenvalue weighted by Gasteiger charge is 2.33. The van der Waals surface area contributed by atoms with Crippen LogP contribution in [0.4, 0.5) is 0 Å². The Balaban J connectivity index is 1.73. The van der Waals surface area contributed by atoms with Crippen LogP contribution in [0.5, 0.6) is 5.75 Å². The highest BCUT2D eigenvalue weighted by atomic mass is 16.5. The molecule has 1 fully saturated rings. The number of hydrogen-bond acceptors (Lipinski definition) is 7. The molecule has 8 nitrogen and oxygen atoms in total. The molecule has 0 radical (unpaired) electrons. The first kappa shape index (κ1) is 18.5. The number of carbonyl (C=O) groups is 1. The van der Waals surface area contributed by atoms with Gasteiger partial charge in [0.1, 0.15) is 11.3 Å². The van der Waals surface area contributed by atoms with Crippen LogP contribution >= 0.6 is 0 Å². The molecule has 0 bridgehead atoms. The van der Waals surface area contributed by atoms with Gasteiger partial charge in [-0.3, -0.25) is 4.79 Å². The predicted octanol–water partition coefficient (Wildman–Crippen LogP) is 1.12. The van der Waals surface area contributed by atoms with Crippen LogP contribution in [0, 0.1) is 5.41 Å². The standard InChI is InChI=1S/C18H25N5O3/c1-23(2)12-18(6-8-26-9-7-18)11-19-17(24)16-20-15-10-13(25-3)4-5-14(15)21-22-16/h4-5,10H,6-9,11-12H2,1-3H3,(H,19,24). The Bertz CT molecular complexity index is 775. The molecule has 0 spiro atoms. The van der Waals surface area contributed by atoms with Crippen LogP contribution < -0.4 is 10.1 Å². The number of hydrogen-bond donors (Lipinski definition) is 1. The van der Waals surface area contributed by atoms with Gasteiger partial charge in [0.2, 0.25) is 5.82 Å². The third kappa shape index (κ3) is 4.25. The summed E-state index contributed by atoms with van der Waals surface area (Å²) in [5.41, 5.74) is 1.21. The highest BCUT2D eigenvalue weighted by Crippen LogP contribution is 2.30. The summed E-state index contributed by atoms with van der Waals surface area (Å²) in [4.78, 5) is 19.0. The van der Waals surface area contributed by atoms with E-state index < -0.39 is 0 Å². The molecule has 0 atom stereocenters. The second-order valence-corrected chi connectivity index (χ2v) is 7.02. The number of nitrogens with zero attached hydrogens (tertiary/aromatic N) is 4. The molecule has 2 heterocycles. The average molecular weight is 359 g/mol. The van der Waals surface area contributed by atoms with E-state index in [0.717, 1.165) is 32.6 Å². The molecule has 1 aliphatic heterocycles. The van der Waals surface area contributed by atoms with Gasteiger partial charge in [-0.2, -0.15) is 0 Å². The van der Waals surface area contributed by atoms with Crippen molar-refractivity contribution < 1.29 is 14.3 Å². The summed E-state index contributed by atoms with van der Waals surface area (Å²) >= 11 is 0. The first-order chi connectivity index (χ1) is 12.5. The molecule has 1 aromatic carbocycles. The lowest BCUT2D eigenvalue weighted by molar-refractivity contribution is 0.00279. The van der Waals surface area contributed by atoms with Crippen LogP contribution in [-0.2, 0) is 4.74 Å². The van der Waals surface area contributed by atoms with Gasteiger partial charge in [0.25, 0.3) is 5.91 Å². The van der Waals surface area contributed by atoms with E-state index in [9.17, 15) is 4.79 Å². The molecular formula is C18H25N5O3. The molecule has 1 N–H and O–H groups in total. The minimum absolute atomic E-state index is 0.00487. The Morgan fingerprint density at radius 1 is 1.27 bits per heavy atom. The number of methoxy groups -OCH3 is 1. The largest absolute Gasteiger partial charge is 0.497 e. The van der Waals surface area contributed by atoms with Crippen molar-refractivity contribution in [1.29, 1.82) is 0 Å². The summed E-state index contributed by atoms with van der Waals surface area (Å²) in [5.74, 6) is 0.418. The maximum absolute atomic E-state index is 12.6. The second kappa shape index (κ2) is 7.92. The lowest BCUT2D eigenvalue weighted by Crippen LogP contribution is -2.47. The molecule has 1 aliphatic rings. The molecule has 26 heavy (non-hydrogen) atoms. The van der Waals surface area contributed by atoms with Crippen molar-refractivity contribution in [3.63, 3.8) is 0 Å². The van der Waals surface area contributed by atoms with Gasteiger partial charge in [-0.15, -0.1) is 10.2 Å². The normalized spacial score (nSPS) is 16.6. The monoisotopic (exact) mass is 359 g/mol. The average Bonchev–Trinajstić information content (AvgIpc) is 2.65. The van der Waals surface area contributed by atoms with Crippen molar-refractivity contribution in [2.24, 2.45) is 5.41 Å². The fourth-order valence-electron chi connectivity index (χ4n) is 3.35. The Morgan fingerprint density at radius 2 is 2.04 bits per heavy atom. The predicted molar refractivity (Wildman–Crippen MR) is 97.3 cm³/mol. The van der Waals surface area contributed by atoms with Gasteiger partial charge in [0, 0.05) is 37.8 Å². The van der Waals surface area contributed by atoms with Crippen molar-refractivity contribution in [1.82, 2.24) is 25.4 Å². The van der Waals surface area contributed by atoms with Gasteiger partial charge < -0.3 is 19.7 Å². The van der Waals surface area contributed by atoms with Gasteiger partial charge in [0.15, 0.2) is 0 Å². The van der Waals surface area contributed by atoms with Gasteiger partial charge in [-0.1, -0.05) is 0 Å². The molecule has 1 saturated heterocycles. The molecule has 140 valence electrons. The molecule has 2 aromatic rings. The van der Waals surface area contributed by atoms with Gasteiger partial charge in [0.05, 0.1) is 12.6 Å². The SMILES string of the molecule is COc1ccc2nnc(C(=O)NCC3(CN(C)C)CCOCC3)nc2c1. The van der Waals surface area contributed by atoms with E-state index in [-0.39, 0.29) is 17.1 Å². The molecule has 3 rings (SSSR count). The summed E-state index contributed by atoms with van der Waals surface area (Å²) < 4.78 is 10.7. The zero-order valence-electron chi connectivity index (χ0n) is 15.5. The summed E-state index contributed by atoms with van der Waals surface area (Å²) in [5, 5.41) is 11.0. The topological polar surface area (TPSA) is 89.5 Å². The van der Waals surface area contributed by atoms with Crippen molar-refractivity contribution in [3.8, 4) is 5.75 Å². The van der Waals surface area contributed by atoms with Crippen molar-refractivity contribution in [3.05, 3.63) is 24.0 Å². The number of aromatic nitrogens is 3. The van der Waals surface area contributed by atoms with E-state index in [0.29, 0.717) is 23.3 Å². The number of fused-ring (bicyclic) bond motifs is 1. The van der Waals surface area contributed by atoms with Crippen molar-refractivity contribution in [2.75, 3.05) is 47.5 Å². The van der Waals surface area contributed by atoms with E-state index in [2.05, 4.69) is 25.4 Å². The van der Waals surface area contributed by atoms with E-state index in [1.807, 2.05) is 14.1 Å². The van der Waals surface area contributed by atoms with Crippen molar-refractivity contribution in [2.45, 2.75) is 12.8 Å². The van der Waals surface area contributed by atoms with Crippen LogP contribution in [0.3, 0.4) is 0 Å². The second-order valence-electron chi connectivity index (χ2n) is 7.02. The number of nitrogens with one attached hydrogen (secondary N) is 1. The fraction of sp³-hybridized carbons (Fsp3) is 0.556. The zero-order chi connectivity index (χ0) is 18.6. The molecule has 8 heteroatoms. The number of amides is 1. The van der Waals surface area contributed by atoms with Crippen LogP contribution in [0.25, 0.3) is 11.0 Å². The Morgan fingerprint density at radius 3 is 2.73 bits per heavy atom. The third-order valence-corrected chi connectivity index (χ3v) is 4.69. The van der Waals surface area contributed by atoms with E-state index in [1.165, 1.54) is 0 Å². The maximum atomic E-state index is 12.6. The number of rotatable bonds is 6. The first-order valence-electron chi connectivity index (χ1n) is 8.70. The summed E-state index contributed by atoms with van der Waals surface area (Å²) in [6, 6.07) is 5.30. The van der Waals surface area contributed by atoms with Gasteiger partial charge in [-0.25, -0.2) is 4.98 Å². The van der Waals surface area contributed by atoms with Crippen LogP contribution in [-0.4, -0.2) is 73.5 Å². The lowest BCUT2D eigenvalue weighted by atomic mass is 9.79. The summed E-state index contributed by atoms with van der Waals surface area (Å²) in [7, 11) is 5.67. The lowest BCUT2D eigenvalue weighted by Gasteiger charge is -2.39. The highest BCUT2D eigenvalue weighted by molar-refractivity contribution is 5.92. The van der Waals surface area contributed by atoms with Gasteiger partial charge in [-0.05, 0) is 39.1 Å². The van der Waals surface area contributed by atoms with Crippen LogP contribution in [0.2, 0.25) is 0 Å². The zero-order valence-corrected chi connectivity index (χ0v) is 15.5. The Labute approximate surface area is 152 Å². The quantitative estimate of drug-likeness (QED) is 0.827. The summed E-state index contributed by atoms with van der Waals surface area (Å²) in [6.45, 7) is 2.90. The number of carbonyl (C=O) groups excluding carboxylic acids is 1. The molecule has 0 saturated carbocycles. The van der Waals surface area contributed by atoms with E-state index in [4.69, 9.17) is 9.47 Å². The molecule has 1 amide bonds. The first-order valence-corrected chi connectivity index (χ1v) is 8.70. The summed E-state index contributed by atoms with van der Waals surface area (Å²) in [6.07, 6.45) is 1.83. The van der Waals surface area contributed by atoms with Crippen LogP contribution in [0.1, 0.15) is 23.5 Å². The fourth-order valence-corrected chi connectivity index (χ4v) is 3.35. The smallest absolute Gasteiger partial charge is 0.291 e. The minimum atomic E-state index is -0.313. The number of benzene rings is 1. The number of ether oxygens (including phenoxy) is 2. The molecule has 1 aromatic heterocycles. The van der Waals surface area contributed by atoms with Gasteiger partial charge >= 0.3 is 0 Å². The molecule has 0 aliphatic carbocycles. The minimum Gasteiger partial charge on any atom is -0.497 e. The third-order valence-electron chi connectivity index (χ3n) is 4.69. The maximum Gasteiger partial charge on any atom is 0.291 e. The van der Waals surface area contributed by atoms with Crippen molar-refractivity contribution >= 4 is 16.9 Å². The molecular weight excluding hydrogens is 334 g/mol. The Hall–Kier alpha value is -2.32.